The largest absolute Gasteiger partial charge is 0.396 e. The number of thiocarbonyl (C=S) groups is 1. The fraction of sp³-hybridized carbons (Fsp3) is 0.400. The van der Waals surface area contributed by atoms with Crippen LogP contribution in [0.5, 0.6) is 0 Å². The zero-order valence-electron chi connectivity index (χ0n) is 8.35. The SMILES string of the molecule is OCCCSC(=S)NCc1cccnc1. The lowest BCUT2D eigenvalue weighted by Crippen LogP contribution is -2.18. The Morgan fingerprint density at radius 3 is 3.13 bits per heavy atom. The molecule has 0 fully saturated rings. The Hall–Kier alpha value is -0.650. The van der Waals surface area contributed by atoms with Crippen molar-refractivity contribution in [3.8, 4) is 0 Å². The normalized spacial score (nSPS) is 9.93. The van der Waals surface area contributed by atoms with Crippen molar-refractivity contribution in [3.63, 3.8) is 0 Å². The monoisotopic (exact) mass is 242 g/mol. The van der Waals surface area contributed by atoms with Crippen molar-refractivity contribution in [1.29, 1.82) is 0 Å². The maximum absolute atomic E-state index is 8.60. The molecule has 0 atom stereocenters. The highest BCUT2D eigenvalue weighted by molar-refractivity contribution is 8.22. The molecule has 0 bridgehead atoms. The quantitative estimate of drug-likeness (QED) is 0.606. The first-order valence-electron chi connectivity index (χ1n) is 4.73. The third-order valence-electron chi connectivity index (χ3n) is 1.70. The number of hydrogen-bond donors (Lipinski definition) is 2. The Balaban J connectivity index is 2.17. The van der Waals surface area contributed by atoms with Gasteiger partial charge in [-0.25, -0.2) is 0 Å². The van der Waals surface area contributed by atoms with Gasteiger partial charge in [-0.2, -0.15) is 0 Å². The molecule has 0 radical (unpaired) electrons. The van der Waals surface area contributed by atoms with Crippen LogP contribution in [0.1, 0.15) is 12.0 Å². The van der Waals surface area contributed by atoms with Crippen LogP contribution in [0.3, 0.4) is 0 Å². The number of aromatic nitrogens is 1. The summed E-state index contributed by atoms with van der Waals surface area (Å²) in [5.41, 5.74) is 1.11. The lowest BCUT2D eigenvalue weighted by atomic mass is 10.3. The molecule has 15 heavy (non-hydrogen) atoms. The van der Waals surface area contributed by atoms with Crippen LogP contribution in [0.4, 0.5) is 0 Å². The van der Waals surface area contributed by atoms with Gasteiger partial charge in [-0.15, -0.1) is 0 Å². The molecule has 0 aliphatic heterocycles. The summed E-state index contributed by atoms with van der Waals surface area (Å²) in [6.07, 6.45) is 4.34. The van der Waals surface area contributed by atoms with Crippen molar-refractivity contribution < 1.29 is 5.11 Å². The number of nitrogens with one attached hydrogen (secondary N) is 1. The van der Waals surface area contributed by atoms with Crippen LogP contribution in [-0.2, 0) is 6.54 Å². The van der Waals surface area contributed by atoms with E-state index in [9.17, 15) is 0 Å². The van der Waals surface area contributed by atoms with Gasteiger partial charge in [-0.05, 0) is 18.1 Å². The molecule has 0 amide bonds. The van der Waals surface area contributed by atoms with Crippen LogP contribution in [0.2, 0.25) is 0 Å². The van der Waals surface area contributed by atoms with Crippen molar-refractivity contribution in [2.45, 2.75) is 13.0 Å². The topological polar surface area (TPSA) is 45.1 Å². The average molecular weight is 242 g/mol. The lowest BCUT2D eigenvalue weighted by Gasteiger charge is -2.06. The molecule has 1 aromatic rings. The van der Waals surface area contributed by atoms with Gasteiger partial charge in [0.05, 0.1) is 0 Å². The van der Waals surface area contributed by atoms with E-state index in [-0.39, 0.29) is 6.61 Å². The zero-order chi connectivity index (χ0) is 10.9. The van der Waals surface area contributed by atoms with Crippen molar-refractivity contribution in [1.82, 2.24) is 10.3 Å². The molecule has 0 aliphatic carbocycles. The maximum atomic E-state index is 8.60. The van der Waals surface area contributed by atoms with E-state index >= 15 is 0 Å². The molecule has 1 rings (SSSR count). The van der Waals surface area contributed by atoms with Crippen molar-refractivity contribution in [3.05, 3.63) is 30.1 Å². The molecule has 0 spiro atoms. The van der Waals surface area contributed by atoms with Crippen LogP contribution in [-0.4, -0.2) is 26.8 Å². The van der Waals surface area contributed by atoms with E-state index < -0.39 is 0 Å². The molecule has 82 valence electrons. The summed E-state index contributed by atoms with van der Waals surface area (Å²) < 4.78 is 0.771. The molecule has 0 saturated carbocycles. The second-order valence-corrected chi connectivity index (χ2v) is 4.70. The van der Waals surface area contributed by atoms with Crippen molar-refractivity contribution in [2.24, 2.45) is 0 Å². The van der Waals surface area contributed by atoms with Gasteiger partial charge in [-0.1, -0.05) is 30.0 Å². The minimum Gasteiger partial charge on any atom is -0.396 e. The molecule has 0 aliphatic rings. The summed E-state index contributed by atoms with van der Waals surface area (Å²) in [4.78, 5) is 4.01. The number of hydrogen-bond acceptors (Lipinski definition) is 4. The predicted molar refractivity (Wildman–Crippen MR) is 67.8 cm³/mol. The zero-order valence-corrected chi connectivity index (χ0v) is 9.98. The first-order valence-corrected chi connectivity index (χ1v) is 6.12. The van der Waals surface area contributed by atoms with E-state index in [1.165, 1.54) is 0 Å². The first-order chi connectivity index (χ1) is 7.33. The highest BCUT2D eigenvalue weighted by Crippen LogP contribution is 2.04. The van der Waals surface area contributed by atoms with Crippen molar-refractivity contribution >= 4 is 28.3 Å². The number of nitrogens with zero attached hydrogens (tertiary/aromatic N) is 1. The predicted octanol–water partition coefficient (Wildman–Crippen LogP) is 1.57. The van der Waals surface area contributed by atoms with E-state index in [2.05, 4.69) is 10.3 Å². The summed E-state index contributed by atoms with van der Waals surface area (Å²) in [5.74, 6) is 0.857. The van der Waals surface area contributed by atoms with Crippen molar-refractivity contribution in [2.75, 3.05) is 12.4 Å². The maximum Gasteiger partial charge on any atom is 0.134 e. The van der Waals surface area contributed by atoms with E-state index in [0.717, 1.165) is 22.1 Å². The molecule has 0 saturated heterocycles. The lowest BCUT2D eigenvalue weighted by molar-refractivity contribution is 0.296. The molecule has 1 aromatic heterocycles. The van der Waals surface area contributed by atoms with Crippen LogP contribution >= 0.6 is 24.0 Å². The first kappa shape index (κ1) is 12.4. The summed E-state index contributed by atoms with van der Waals surface area (Å²) >= 11 is 6.68. The summed E-state index contributed by atoms with van der Waals surface area (Å²) in [6, 6.07) is 3.90. The molecule has 5 heteroatoms. The van der Waals surface area contributed by atoms with Gasteiger partial charge in [0.2, 0.25) is 0 Å². The average Bonchev–Trinajstić information content (AvgIpc) is 2.28. The highest BCUT2D eigenvalue weighted by Gasteiger charge is 1.97. The number of aliphatic hydroxyl groups is 1. The molecule has 2 N–H and O–H groups in total. The van der Waals surface area contributed by atoms with Gasteiger partial charge in [0.15, 0.2) is 0 Å². The Morgan fingerprint density at radius 1 is 1.60 bits per heavy atom. The van der Waals surface area contributed by atoms with Gasteiger partial charge in [0.1, 0.15) is 4.32 Å². The molecule has 0 aromatic carbocycles. The molecule has 1 heterocycles. The van der Waals surface area contributed by atoms with Crippen LogP contribution in [0.25, 0.3) is 0 Å². The summed E-state index contributed by atoms with van der Waals surface area (Å²) in [6.45, 7) is 0.928. The van der Waals surface area contributed by atoms with E-state index in [4.69, 9.17) is 17.3 Å². The van der Waals surface area contributed by atoms with Gasteiger partial charge in [-0.3, -0.25) is 4.98 Å². The molecular formula is C10H14N2OS2. The molecule has 3 nitrogen and oxygen atoms in total. The number of pyridine rings is 1. The standard InChI is InChI=1S/C10H14N2OS2/c13-5-2-6-15-10(14)12-8-9-3-1-4-11-7-9/h1,3-4,7,13H,2,5-6,8H2,(H,12,14). The van der Waals surface area contributed by atoms with Gasteiger partial charge in [0.25, 0.3) is 0 Å². The van der Waals surface area contributed by atoms with E-state index in [1.54, 1.807) is 18.0 Å². The Bertz CT molecular complexity index is 293. The van der Waals surface area contributed by atoms with Crippen LogP contribution in [0, 0.1) is 0 Å². The minimum absolute atomic E-state index is 0.220. The number of thioether (sulfide) groups is 1. The fourth-order valence-electron chi connectivity index (χ4n) is 0.957. The minimum atomic E-state index is 0.220. The Kier molecular flexibility index (Phi) is 6.31. The number of aliphatic hydroxyl groups excluding tert-OH is 1. The molecule has 0 unspecified atom stereocenters. The van der Waals surface area contributed by atoms with E-state index in [0.29, 0.717) is 6.54 Å². The second-order valence-electron chi connectivity index (χ2n) is 2.93. The summed E-state index contributed by atoms with van der Waals surface area (Å²) in [5, 5.41) is 11.7. The third kappa shape index (κ3) is 5.71. The Labute approximate surface area is 99.3 Å². The third-order valence-corrected chi connectivity index (χ3v) is 3.09. The number of rotatable bonds is 5. The molecular weight excluding hydrogens is 228 g/mol. The Morgan fingerprint density at radius 2 is 2.47 bits per heavy atom. The highest BCUT2D eigenvalue weighted by atomic mass is 32.2. The second kappa shape index (κ2) is 7.62. The smallest absolute Gasteiger partial charge is 0.134 e. The van der Waals surface area contributed by atoms with E-state index in [1.807, 2.05) is 18.3 Å². The fourth-order valence-corrected chi connectivity index (χ4v) is 1.91. The van der Waals surface area contributed by atoms with Crippen LogP contribution < -0.4 is 5.32 Å². The summed E-state index contributed by atoms with van der Waals surface area (Å²) in [7, 11) is 0. The van der Waals surface area contributed by atoms with Gasteiger partial charge < -0.3 is 10.4 Å². The van der Waals surface area contributed by atoms with Crippen LogP contribution in [0.15, 0.2) is 24.5 Å². The van der Waals surface area contributed by atoms with Gasteiger partial charge >= 0.3 is 0 Å². The van der Waals surface area contributed by atoms with Gasteiger partial charge in [0, 0.05) is 31.3 Å².